The number of imidazole rings is 1. The van der Waals surface area contributed by atoms with Crippen LogP contribution in [-0.2, 0) is 24.4 Å². The summed E-state index contributed by atoms with van der Waals surface area (Å²) in [7, 11) is 3.27. The number of rotatable bonds is 7. The van der Waals surface area contributed by atoms with Gasteiger partial charge < -0.3 is 18.8 Å². The van der Waals surface area contributed by atoms with Crippen LogP contribution < -0.4 is 9.47 Å². The fraction of sp³-hybridized carbons (Fsp3) is 0.385. The standard InChI is InChI=1S/C26H28FN3O4/c1-4-34-26(31)20-11-22-18(9-21(20)27)13-29(12-17-7-8-19(32-2)10-24(17)33-3)14-23-25(16-5-6-16)28-15-30(22)23/h7-11,15-16H,4-6,12-14H2,1-3H3. The Morgan fingerprint density at radius 3 is 2.68 bits per heavy atom. The minimum Gasteiger partial charge on any atom is -0.497 e. The van der Waals surface area contributed by atoms with E-state index in [4.69, 9.17) is 19.2 Å². The Morgan fingerprint density at radius 1 is 1.15 bits per heavy atom. The number of benzene rings is 2. The van der Waals surface area contributed by atoms with Crippen molar-refractivity contribution in [3.05, 3.63) is 70.6 Å². The third-order valence-electron chi connectivity index (χ3n) is 6.44. The largest absolute Gasteiger partial charge is 0.497 e. The van der Waals surface area contributed by atoms with E-state index in [9.17, 15) is 9.18 Å². The smallest absolute Gasteiger partial charge is 0.341 e. The van der Waals surface area contributed by atoms with E-state index < -0.39 is 11.8 Å². The Kier molecular flexibility index (Phi) is 6.00. The van der Waals surface area contributed by atoms with Gasteiger partial charge in [-0.1, -0.05) is 6.07 Å². The molecule has 0 N–H and O–H groups in total. The molecule has 34 heavy (non-hydrogen) atoms. The lowest BCUT2D eigenvalue weighted by Gasteiger charge is -2.22. The van der Waals surface area contributed by atoms with Gasteiger partial charge in [0.25, 0.3) is 0 Å². The van der Waals surface area contributed by atoms with Crippen LogP contribution in [0.5, 0.6) is 11.5 Å². The summed E-state index contributed by atoms with van der Waals surface area (Å²) < 4.78 is 33.0. The molecule has 0 spiro atoms. The van der Waals surface area contributed by atoms with E-state index in [0.29, 0.717) is 25.6 Å². The molecule has 1 fully saturated rings. The normalized spacial score (nSPS) is 15.3. The van der Waals surface area contributed by atoms with E-state index in [1.807, 2.05) is 22.8 Å². The maximum atomic E-state index is 15.0. The number of nitrogens with zero attached hydrogens (tertiary/aromatic N) is 3. The molecule has 0 bridgehead atoms. The molecule has 2 aliphatic rings. The Labute approximate surface area is 198 Å². The number of fused-ring (bicyclic) bond motifs is 3. The van der Waals surface area contributed by atoms with E-state index in [0.717, 1.165) is 52.5 Å². The van der Waals surface area contributed by atoms with Crippen molar-refractivity contribution >= 4 is 5.97 Å². The highest BCUT2D eigenvalue weighted by Gasteiger charge is 2.33. The number of hydrogen-bond donors (Lipinski definition) is 0. The van der Waals surface area contributed by atoms with Crippen LogP contribution in [0.3, 0.4) is 0 Å². The highest BCUT2D eigenvalue weighted by atomic mass is 19.1. The highest BCUT2D eigenvalue weighted by molar-refractivity contribution is 5.90. The van der Waals surface area contributed by atoms with Crippen LogP contribution in [0.15, 0.2) is 36.7 Å². The van der Waals surface area contributed by atoms with E-state index in [2.05, 4.69) is 4.90 Å². The predicted octanol–water partition coefficient (Wildman–Crippen LogP) is 4.60. The Bertz CT molecular complexity index is 1240. The molecular weight excluding hydrogens is 437 g/mol. The SMILES string of the molecule is CCOC(=O)c1cc2c(cc1F)CN(Cc1ccc(OC)cc1OC)Cc1c(C3CC3)ncn1-2. The summed E-state index contributed by atoms with van der Waals surface area (Å²) in [5, 5.41) is 0. The lowest BCUT2D eigenvalue weighted by Crippen LogP contribution is -2.22. The number of hydrogen-bond acceptors (Lipinski definition) is 6. The molecule has 0 amide bonds. The maximum absolute atomic E-state index is 15.0. The van der Waals surface area contributed by atoms with Crippen LogP contribution in [0.2, 0.25) is 0 Å². The molecule has 1 aliphatic heterocycles. The second kappa shape index (κ2) is 9.10. The summed E-state index contributed by atoms with van der Waals surface area (Å²) in [5.74, 6) is 0.689. The van der Waals surface area contributed by atoms with Crippen molar-refractivity contribution in [3.63, 3.8) is 0 Å². The Morgan fingerprint density at radius 2 is 1.97 bits per heavy atom. The third kappa shape index (κ3) is 4.14. The highest BCUT2D eigenvalue weighted by Crippen LogP contribution is 2.43. The molecular formula is C26H28FN3O4. The van der Waals surface area contributed by atoms with Gasteiger partial charge in [-0.15, -0.1) is 0 Å². The molecule has 1 aromatic heterocycles. The summed E-state index contributed by atoms with van der Waals surface area (Å²) in [6.07, 6.45) is 4.05. The first-order valence-electron chi connectivity index (χ1n) is 11.5. The second-order valence-electron chi connectivity index (χ2n) is 8.72. The minimum atomic E-state index is -0.657. The average Bonchev–Trinajstić information content (AvgIpc) is 3.62. The summed E-state index contributed by atoms with van der Waals surface area (Å²) in [6, 6.07) is 8.82. The molecule has 7 nitrogen and oxygen atoms in total. The molecule has 0 radical (unpaired) electrons. The van der Waals surface area contributed by atoms with Crippen molar-refractivity contribution < 1.29 is 23.4 Å². The first-order chi connectivity index (χ1) is 16.5. The number of methoxy groups -OCH3 is 2. The number of ether oxygens (including phenoxy) is 3. The molecule has 0 saturated heterocycles. The van der Waals surface area contributed by atoms with Crippen molar-refractivity contribution in [1.29, 1.82) is 0 Å². The van der Waals surface area contributed by atoms with Crippen LogP contribution >= 0.6 is 0 Å². The quantitative estimate of drug-likeness (QED) is 0.475. The zero-order chi connectivity index (χ0) is 23.8. The average molecular weight is 466 g/mol. The van der Waals surface area contributed by atoms with Gasteiger partial charge in [-0.05, 0) is 43.5 Å². The summed E-state index contributed by atoms with van der Waals surface area (Å²) >= 11 is 0. The van der Waals surface area contributed by atoms with Crippen LogP contribution in [0.4, 0.5) is 4.39 Å². The summed E-state index contributed by atoms with van der Waals surface area (Å²) in [6.45, 7) is 3.65. The first kappa shape index (κ1) is 22.4. The van der Waals surface area contributed by atoms with Gasteiger partial charge in [0.2, 0.25) is 0 Å². The number of esters is 1. The van der Waals surface area contributed by atoms with Gasteiger partial charge in [-0.3, -0.25) is 4.90 Å². The number of halogens is 1. The summed E-state index contributed by atoms with van der Waals surface area (Å²) in [5.41, 5.74) is 4.67. The van der Waals surface area contributed by atoms with Crippen LogP contribution in [-0.4, -0.2) is 41.2 Å². The van der Waals surface area contributed by atoms with E-state index >= 15 is 0 Å². The monoisotopic (exact) mass is 465 g/mol. The van der Waals surface area contributed by atoms with E-state index in [-0.39, 0.29) is 12.2 Å². The minimum absolute atomic E-state index is 0.0569. The van der Waals surface area contributed by atoms with Gasteiger partial charge in [0.05, 0.1) is 49.8 Å². The number of carbonyl (C=O) groups excluding carboxylic acids is 1. The lowest BCUT2D eigenvalue weighted by molar-refractivity contribution is 0.0521. The first-order valence-corrected chi connectivity index (χ1v) is 11.5. The Hall–Kier alpha value is -3.39. The van der Waals surface area contributed by atoms with Crippen molar-refractivity contribution in [3.8, 4) is 17.2 Å². The van der Waals surface area contributed by atoms with Gasteiger partial charge in [-0.2, -0.15) is 0 Å². The van der Waals surface area contributed by atoms with E-state index in [1.54, 1.807) is 33.5 Å². The van der Waals surface area contributed by atoms with Gasteiger partial charge in [0.1, 0.15) is 17.3 Å². The van der Waals surface area contributed by atoms with Crippen molar-refractivity contribution in [2.45, 2.75) is 45.3 Å². The molecule has 8 heteroatoms. The molecule has 1 aliphatic carbocycles. The van der Waals surface area contributed by atoms with Gasteiger partial charge in [-0.25, -0.2) is 14.2 Å². The molecule has 1 saturated carbocycles. The molecule has 3 aromatic rings. The van der Waals surface area contributed by atoms with Crippen molar-refractivity contribution in [1.82, 2.24) is 14.5 Å². The molecule has 2 aromatic carbocycles. The number of aromatic nitrogens is 2. The predicted molar refractivity (Wildman–Crippen MR) is 124 cm³/mol. The molecule has 0 unspecified atom stereocenters. The van der Waals surface area contributed by atoms with Crippen LogP contribution in [0.25, 0.3) is 5.69 Å². The van der Waals surface area contributed by atoms with Crippen molar-refractivity contribution in [2.24, 2.45) is 0 Å². The van der Waals surface area contributed by atoms with Crippen LogP contribution in [0, 0.1) is 5.82 Å². The fourth-order valence-corrected chi connectivity index (χ4v) is 4.61. The van der Waals surface area contributed by atoms with Gasteiger partial charge in [0, 0.05) is 37.2 Å². The molecule has 178 valence electrons. The fourth-order valence-electron chi connectivity index (χ4n) is 4.61. The third-order valence-corrected chi connectivity index (χ3v) is 6.44. The molecule has 5 rings (SSSR count). The molecule has 2 heterocycles. The second-order valence-corrected chi connectivity index (χ2v) is 8.72. The topological polar surface area (TPSA) is 65.8 Å². The Balaban J connectivity index is 1.57. The van der Waals surface area contributed by atoms with Crippen molar-refractivity contribution in [2.75, 3.05) is 20.8 Å². The number of carbonyl (C=O) groups is 1. The van der Waals surface area contributed by atoms with Gasteiger partial charge >= 0.3 is 5.97 Å². The summed E-state index contributed by atoms with van der Waals surface area (Å²) in [4.78, 5) is 19.3. The van der Waals surface area contributed by atoms with E-state index in [1.165, 1.54) is 6.07 Å². The lowest BCUT2D eigenvalue weighted by atomic mass is 10.1. The maximum Gasteiger partial charge on any atom is 0.341 e. The molecule has 0 atom stereocenters. The zero-order valence-electron chi connectivity index (χ0n) is 19.6. The van der Waals surface area contributed by atoms with Gasteiger partial charge in [0.15, 0.2) is 0 Å². The zero-order valence-corrected chi connectivity index (χ0v) is 19.6. The van der Waals surface area contributed by atoms with Crippen LogP contribution in [0.1, 0.15) is 58.6 Å².